The fourth-order valence-electron chi connectivity index (χ4n) is 1.98. The number of aromatic nitrogens is 3. The van der Waals surface area contributed by atoms with Gasteiger partial charge in [0.15, 0.2) is 0 Å². The van der Waals surface area contributed by atoms with Gasteiger partial charge < -0.3 is 0 Å². The van der Waals surface area contributed by atoms with E-state index in [1.165, 1.54) is 5.56 Å². The van der Waals surface area contributed by atoms with Crippen LogP contribution < -0.4 is 5.43 Å². The van der Waals surface area contributed by atoms with Gasteiger partial charge in [-0.2, -0.15) is 10.1 Å². The number of fused-ring (bicyclic) bond motifs is 1. The van der Waals surface area contributed by atoms with E-state index in [-0.39, 0.29) is 0 Å². The van der Waals surface area contributed by atoms with Gasteiger partial charge in [0.1, 0.15) is 0 Å². The van der Waals surface area contributed by atoms with Gasteiger partial charge in [-0.1, -0.05) is 43.0 Å². The highest BCUT2D eigenvalue weighted by Gasteiger charge is 2.12. The minimum atomic E-state index is 0.539. The van der Waals surface area contributed by atoms with Gasteiger partial charge in [0.25, 0.3) is 0 Å². The van der Waals surface area contributed by atoms with Crippen molar-refractivity contribution in [3.8, 4) is 0 Å². The van der Waals surface area contributed by atoms with Crippen LogP contribution in [0, 0.1) is 0 Å². The van der Waals surface area contributed by atoms with Gasteiger partial charge >= 0.3 is 0 Å². The first-order chi connectivity index (χ1) is 10.4. The fourth-order valence-corrected chi connectivity index (χ4v) is 2.64. The minimum Gasteiger partial charge on any atom is -0.278 e. The lowest BCUT2D eigenvalue weighted by atomic mass is 10.1. The highest BCUT2D eigenvalue weighted by atomic mass is 32.2. The van der Waals surface area contributed by atoms with Gasteiger partial charge in [0.05, 0.1) is 18.5 Å². The molecule has 1 aromatic heterocycles. The molecule has 0 aliphatic carbocycles. The summed E-state index contributed by atoms with van der Waals surface area (Å²) >= 11 is 1.62. The molecule has 0 spiro atoms. The van der Waals surface area contributed by atoms with E-state index in [2.05, 4.69) is 49.8 Å². The van der Waals surface area contributed by atoms with Crippen LogP contribution in [0.25, 0.3) is 0 Å². The molecule has 21 heavy (non-hydrogen) atoms. The number of aromatic amines is 1. The van der Waals surface area contributed by atoms with E-state index >= 15 is 0 Å². The van der Waals surface area contributed by atoms with Gasteiger partial charge in [-0.05, 0) is 12.0 Å². The van der Waals surface area contributed by atoms with Gasteiger partial charge in [-0.3, -0.25) is 4.99 Å². The topological polar surface area (TPSA) is 78.3 Å². The summed E-state index contributed by atoms with van der Waals surface area (Å²) in [6, 6.07) is 8.17. The molecule has 0 amide bonds. The summed E-state index contributed by atoms with van der Waals surface area (Å²) in [5.74, 6) is 1.55. The van der Waals surface area contributed by atoms with Crippen molar-refractivity contribution >= 4 is 29.6 Å². The predicted octanol–water partition coefficient (Wildman–Crippen LogP) is 2.71. The summed E-state index contributed by atoms with van der Waals surface area (Å²) in [5.41, 5.74) is 6.10. The molecule has 3 rings (SSSR count). The number of hydrogen-bond acceptors (Lipinski definition) is 6. The molecular weight excluding hydrogens is 284 g/mol. The molecule has 2 heterocycles. The Morgan fingerprint density at radius 2 is 2.33 bits per heavy atom. The van der Waals surface area contributed by atoms with Crippen molar-refractivity contribution in [3.05, 3.63) is 35.4 Å². The summed E-state index contributed by atoms with van der Waals surface area (Å²) in [5, 5.41) is 11.8. The van der Waals surface area contributed by atoms with Crippen molar-refractivity contribution in [3.63, 3.8) is 0 Å². The largest absolute Gasteiger partial charge is 0.278 e. The molecule has 108 valence electrons. The maximum absolute atomic E-state index is 4.46. The first-order valence-electron chi connectivity index (χ1n) is 6.84. The number of hydrazone groups is 1. The molecule has 7 heteroatoms. The van der Waals surface area contributed by atoms with Crippen LogP contribution in [0.15, 0.2) is 39.5 Å². The Morgan fingerprint density at radius 3 is 3.24 bits per heavy atom. The lowest BCUT2D eigenvalue weighted by Crippen LogP contribution is -2.02. The van der Waals surface area contributed by atoms with Gasteiger partial charge in [0.2, 0.25) is 11.1 Å². The Morgan fingerprint density at radius 1 is 1.43 bits per heavy atom. The highest BCUT2D eigenvalue weighted by Crippen LogP contribution is 2.17. The maximum Gasteiger partial charge on any atom is 0.240 e. The van der Waals surface area contributed by atoms with Crippen LogP contribution in [0.1, 0.15) is 24.5 Å². The van der Waals surface area contributed by atoms with E-state index in [9.17, 15) is 0 Å². The van der Waals surface area contributed by atoms with Crippen LogP contribution in [0.3, 0.4) is 0 Å². The third-order valence-electron chi connectivity index (χ3n) is 2.97. The standard InChI is InChI=1S/C14H16N6S/c1-2-7-21-14-17-13(19-20-14)18-16-9-12-11-6-4-3-5-10(11)8-15-12/h3-6,9H,2,7-8H2,1H3,(H2,17,18,19,20)/b16-9-. The molecule has 0 atom stereocenters. The first kappa shape index (κ1) is 13.8. The second kappa shape index (κ2) is 6.53. The second-order valence-electron chi connectivity index (χ2n) is 4.54. The molecule has 6 nitrogen and oxygen atoms in total. The van der Waals surface area contributed by atoms with Crippen molar-refractivity contribution in [2.45, 2.75) is 25.0 Å². The van der Waals surface area contributed by atoms with Crippen LogP contribution in [0.2, 0.25) is 0 Å². The van der Waals surface area contributed by atoms with Crippen LogP contribution in [-0.4, -0.2) is 32.9 Å². The molecule has 0 saturated carbocycles. The van der Waals surface area contributed by atoms with Crippen LogP contribution >= 0.6 is 11.8 Å². The number of H-pyrrole nitrogens is 1. The van der Waals surface area contributed by atoms with Crippen LogP contribution in [-0.2, 0) is 6.54 Å². The second-order valence-corrected chi connectivity index (χ2v) is 5.61. The molecular formula is C14H16N6S. The van der Waals surface area contributed by atoms with Gasteiger partial charge in [0, 0.05) is 11.3 Å². The molecule has 1 aromatic carbocycles. The number of nitrogens with one attached hydrogen (secondary N) is 2. The molecule has 0 bridgehead atoms. The van der Waals surface area contributed by atoms with Crippen LogP contribution in [0.4, 0.5) is 5.95 Å². The minimum absolute atomic E-state index is 0.539. The number of rotatable bonds is 6. The van der Waals surface area contributed by atoms with Crippen molar-refractivity contribution in [1.29, 1.82) is 0 Å². The SMILES string of the molecule is CCCSc1n[nH]c(N/N=C\C2=NCc3ccccc32)n1. The van der Waals surface area contributed by atoms with E-state index in [0.29, 0.717) is 5.95 Å². The lowest BCUT2D eigenvalue weighted by molar-refractivity contribution is 0.968. The van der Waals surface area contributed by atoms with E-state index < -0.39 is 0 Å². The third kappa shape index (κ3) is 3.30. The molecule has 0 unspecified atom stereocenters. The lowest BCUT2D eigenvalue weighted by Gasteiger charge is -1.97. The number of nitrogens with zero attached hydrogens (tertiary/aromatic N) is 4. The molecule has 0 radical (unpaired) electrons. The zero-order valence-corrected chi connectivity index (χ0v) is 12.5. The van der Waals surface area contributed by atoms with E-state index in [1.807, 2.05) is 12.1 Å². The molecule has 1 aliphatic rings. The molecule has 1 aliphatic heterocycles. The number of aliphatic imine (C=N–C) groups is 1. The van der Waals surface area contributed by atoms with Crippen molar-refractivity contribution in [2.24, 2.45) is 10.1 Å². The monoisotopic (exact) mass is 300 g/mol. The molecule has 0 saturated heterocycles. The van der Waals surface area contributed by atoms with Crippen molar-refractivity contribution < 1.29 is 0 Å². The Hall–Kier alpha value is -2.15. The van der Waals surface area contributed by atoms with Crippen molar-refractivity contribution in [2.75, 3.05) is 11.2 Å². The average Bonchev–Trinajstić information content (AvgIpc) is 3.13. The average molecular weight is 300 g/mol. The highest BCUT2D eigenvalue weighted by molar-refractivity contribution is 7.99. The Balaban J connectivity index is 1.59. The maximum atomic E-state index is 4.46. The van der Waals surface area contributed by atoms with E-state index in [1.54, 1.807) is 18.0 Å². The fraction of sp³-hybridized carbons (Fsp3) is 0.286. The summed E-state index contributed by atoms with van der Waals surface area (Å²) < 4.78 is 0. The molecule has 2 aromatic rings. The van der Waals surface area contributed by atoms with Gasteiger partial charge in [-0.15, -0.1) is 5.10 Å². The number of thioether (sulfide) groups is 1. The molecule has 2 N–H and O–H groups in total. The number of anilines is 1. The summed E-state index contributed by atoms with van der Waals surface area (Å²) in [4.78, 5) is 8.75. The quantitative estimate of drug-likeness (QED) is 0.488. The van der Waals surface area contributed by atoms with Crippen molar-refractivity contribution in [1.82, 2.24) is 15.2 Å². The van der Waals surface area contributed by atoms with Gasteiger partial charge in [-0.25, -0.2) is 10.5 Å². The zero-order valence-electron chi connectivity index (χ0n) is 11.7. The first-order valence-corrected chi connectivity index (χ1v) is 7.82. The summed E-state index contributed by atoms with van der Waals surface area (Å²) in [6.07, 6.45) is 2.81. The Labute approximate surface area is 127 Å². The smallest absolute Gasteiger partial charge is 0.240 e. The summed E-state index contributed by atoms with van der Waals surface area (Å²) in [7, 11) is 0. The number of benzene rings is 1. The normalized spacial score (nSPS) is 13.5. The van der Waals surface area contributed by atoms with E-state index in [0.717, 1.165) is 35.2 Å². The Bertz CT molecular complexity index is 676. The number of hydrogen-bond donors (Lipinski definition) is 2. The zero-order chi connectivity index (χ0) is 14.5. The van der Waals surface area contributed by atoms with E-state index in [4.69, 9.17) is 0 Å². The van der Waals surface area contributed by atoms with Crippen LogP contribution in [0.5, 0.6) is 0 Å². The predicted molar refractivity (Wildman–Crippen MR) is 86.2 cm³/mol. The molecule has 0 fully saturated rings. The Kier molecular flexibility index (Phi) is 4.30. The summed E-state index contributed by atoms with van der Waals surface area (Å²) in [6.45, 7) is 2.85. The third-order valence-corrected chi connectivity index (χ3v) is 4.02.